The van der Waals surface area contributed by atoms with Gasteiger partial charge >= 0.3 is 0 Å². The molecule has 0 spiro atoms. The van der Waals surface area contributed by atoms with E-state index in [0.717, 1.165) is 62.8 Å². The Balaban J connectivity index is 1.67. The first-order valence-corrected chi connectivity index (χ1v) is 13.1. The number of nitrogens with zero attached hydrogens (tertiary/aromatic N) is 4. The monoisotopic (exact) mass is 482 g/mol. The molecule has 0 N–H and O–H groups in total. The van der Waals surface area contributed by atoms with Gasteiger partial charge in [-0.3, -0.25) is 14.5 Å². The second-order valence-electron chi connectivity index (χ2n) is 10.8. The average Bonchev–Trinajstić information content (AvgIpc) is 2.87. The number of pyridine rings is 1. The summed E-state index contributed by atoms with van der Waals surface area (Å²) in [5.74, 6) is 0.240. The highest BCUT2D eigenvalue weighted by Crippen LogP contribution is 2.28. The fraction of sp³-hybridized carbons (Fsp3) is 0.643. The van der Waals surface area contributed by atoms with Gasteiger partial charge < -0.3 is 19.1 Å². The molecular weight excluding hydrogens is 440 g/mol. The zero-order valence-corrected chi connectivity index (χ0v) is 22.0. The number of benzene rings is 1. The van der Waals surface area contributed by atoms with E-state index in [1.807, 2.05) is 42.3 Å². The zero-order valence-electron chi connectivity index (χ0n) is 22.0. The summed E-state index contributed by atoms with van der Waals surface area (Å²) in [4.78, 5) is 34.0. The van der Waals surface area contributed by atoms with Gasteiger partial charge in [-0.1, -0.05) is 37.5 Å². The van der Waals surface area contributed by atoms with Crippen molar-refractivity contribution in [1.82, 2.24) is 19.3 Å². The van der Waals surface area contributed by atoms with Crippen LogP contribution in [0.3, 0.4) is 0 Å². The molecule has 2 fully saturated rings. The van der Waals surface area contributed by atoms with Crippen molar-refractivity contribution in [3.8, 4) is 0 Å². The third-order valence-corrected chi connectivity index (χ3v) is 8.09. The number of para-hydroxylation sites is 1. The smallest absolute Gasteiger partial charge is 0.255 e. The third-order valence-electron chi connectivity index (χ3n) is 8.09. The molecule has 0 radical (unpaired) electrons. The molecule has 1 amide bonds. The van der Waals surface area contributed by atoms with Crippen molar-refractivity contribution in [2.24, 2.45) is 13.0 Å². The lowest BCUT2D eigenvalue weighted by Gasteiger charge is -2.47. The van der Waals surface area contributed by atoms with E-state index < -0.39 is 0 Å². The number of aromatic nitrogens is 1. The Labute approximate surface area is 209 Å². The Morgan fingerprint density at radius 3 is 2.46 bits per heavy atom. The normalized spacial score (nSPS) is 20.1. The second kappa shape index (κ2) is 11.2. The Kier molecular flexibility index (Phi) is 8.30. The van der Waals surface area contributed by atoms with Crippen LogP contribution in [0.5, 0.6) is 0 Å². The van der Waals surface area contributed by atoms with Crippen LogP contribution in [0.2, 0.25) is 0 Å². The second-order valence-corrected chi connectivity index (χ2v) is 10.8. The number of amides is 1. The van der Waals surface area contributed by atoms with E-state index in [0.29, 0.717) is 25.3 Å². The molecule has 1 saturated heterocycles. The minimum absolute atomic E-state index is 0.0295. The lowest BCUT2D eigenvalue weighted by Crippen LogP contribution is -2.62. The number of ether oxygens (including phenoxy) is 1. The van der Waals surface area contributed by atoms with Crippen molar-refractivity contribution >= 4 is 16.8 Å². The predicted molar refractivity (Wildman–Crippen MR) is 141 cm³/mol. The van der Waals surface area contributed by atoms with Crippen LogP contribution in [0, 0.1) is 5.92 Å². The molecule has 1 atom stereocenters. The van der Waals surface area contributed by atoms with Crippen molar-refractivity contribution in [3.63, 3.8) is 0 Å². The summed E-state index contributed by atoms with van der Waals surface area (Å²) in [5.41, 5.74) is 1.24. The Morgan fingerprint density at radius 2 is 1.77 bits per heavy atom. The number of methoxy groups -OCH3 is 1. The van der Waals surface area contributed by atoms with E-state index in [1.54, 1.807) is 11.7 Å². The molecule has 192 valence electrons. The molecule has 7 heteroatoms. The first-order chi connectivity index (χ1) is 16.8. The largest absolute Gasteiger partial charge is 0.383 e. The fourth-order valence-corrected chi connectivity index (χ4v) is 5.93. The van der Waals surface area contributed by atoms with E-state index in [4.69, 9.17) is 4.74 Å². The number of aryl methyl sites for hydroxylation is 1. The lowest BCUT2D eigenvalue weighted by molar-refractivity contribution is -0.140. The van der Waals surface area contributed by atoms with Crippen molar-refractivity contribution in [1.29, 1.82) is 0 Å². The van der Waals surface area contributed by atoms with Crippen molar-refractivity contribution < 1.29 is 9.53 Å². The summed E-state index contributed by atoms with van der Waals surface area (Å²) in [7, 11) is 5.71. The van der Waals surface area contributed by atoms with E-state index in [2.05, 4.69) is 23.8 Å². The molecule has 1 saturated carbocycles. The topological polar surface area (TPSA) is 58.0 Å². The molecular formula is C28H42N4O3. The van der Waals surface area contributed by atoms with Crippen LogP contribution in [0.15, 0.2) is 35.1 Å². The molecule has 1 aliphatic heterocycles. The highest BCUT2D eigenvalue weighted by atomic mass is 16.5. The van der Waals surface area contributed by atoms with Gasteiger partial charge in [-0.25, -0.2) is 0 Å². The number of rotatable bonds is 8. The van der Waals surface area contributed by atoms with Gasteiger partial charge in [-0.2, -0.15) is 0 Å². The highest BCUT2D eigenvalue weighted by Gasteiger charge is 2.38. The Bertz CT molecular complexity index is 1070. The number of carbonyl (C=O) groups excluding carboxylic acids is 1. The number of carbonyl (C=O) groups is 1. The molecule has 1 aromatic heterocycles. The number of likely N-dealkylation sites (N-methyl/N-ethyl adjacent to an activating group) is 1. The van der Waals surface area contributed by atoms with Crippen molar-refractivity contribution in [3.05, 3.63) is 46.2 Å². The number of piperazine rings is 1. The summed E-state index contributed by atoms with van der Waals surface area (Å²) in [5, 5.41) is 1.02. The number of hydrogen-bond acceptors (Lipinski definition) is 5. The van der Waals surface area contributed by atoms with E-state index in [1.165, 1.54) is 6.42 Å². The van der Waals surface area contributed by atoms with Crippen LogP contribution in [0.25, 0.3) is 10.9 Å². The lowest BCUT2D eigenvalue weighted by atomic mass is 9.87. The maximum Gasteiger partial charge on any atom is 0.255 e. The fourth-order valence-electron chi connectivity index (χ4n) is 5.93. The molecule has 7 nitrogen and oxygen atoms in total. The number of hydrogen-bond donors (Lipinski definition) is 0. The number of fused-ring (bicyclic) bond motifs is 1. The Morgan fingerprint density at radius 1 is 1.09 bits per heavy atom. The van der Waals surface area contributed by atoms with Crippen LogP contribution >= 0.6 is 0 Å². The highest BCUT2D eigenvalue weighted by molar-refractivity contribution is 5.81. The van der Waals surface area contributed by atoms with Gasteiger partial charge in [0.25, 0.3) is 5.56 Å². The minimum atomic E-state index is -0.317. The maximum absolute atomic E-state index is 13.9. The van der Waals surface area contributed by atoms with Gasteiger partial charge in [0.1, 0.15) is 0 Å². The van der Waals surface area contributed by atoms with Gasteiger partial charge in [-0.15, -0.1) is 0 Å². The molecule has 1 aliphatic carbocycles. The van der Waals surface area contributed by atoms with Crippen molar-refractivity contribution in [2.45, 2.75) is 51.1 Å². The molecule has 1 aromatic carbocycles. The zero-order chi connectivity index (χ0) is 25.0. The van der Waals surface area contributed by atoms with Gasteiger partial charge in [0.2, 0.25) is 5.91 Å². The van der Waals surface area contributed by atoms with Crippen LogP contribution in [-0.4, -0.2) is 84.2 Å². The first kappa shape index (κ1) is 25.9. The molecule has 4 rings (SSSR count). The van der Waals surface area contributed by atoms with Gasteiger partial charge in [0.15, 0.2) is 0 Å². The molecule has 0 bridgehead atoms. The summed E-state index contributed by atoms with van der Waals surface area (Å²) in [6.07, 6.45) is 5.31. The summed E-state index contributed by atoms with van der Waals surface area (Å²) < 4.78 is 7.42. The van der Waals surface area contributed by atoms with Gasteiger partial charge in [0.05, 0.1) is 24.2 Å². The maximum atomic E-state index is 13.9. The average molecular weight is 483 g/mol. The van der Waals surface area contributed by atoms with Gasteiger partial charge in [0, 0.05) is 58.4 Å². The summed E-state index contributed by atoms with van der Waals surface area (Å²) in [6, 6.07) is 9.92. The third kappa shape index (κ3) is 5.79. The first-order valence-electron chi connectivity index (χ1n) is 13.1. The van der Waals surface area contributed by atoms with Gasteiger partial charge in [-0.05, 0) is 44.3 Å². The standard InChI is InChI=1S/C28H42N4O3/c1-28(21-35-4,32-16-14-29(2)15-17-32)20-31(27(34)22-10-6-5-7-11-22)19-24-18-23-12-8-9-13-25(23)30(3)26(24)33/h8-9,12-13,18,22H,5-7,10-11,14-17,19-21H2,1-4H3. The predicted octanol–water partition coefficient (Wildman–Crippen LogP) is 3.10. The summed E-state index contributed by atoms with van der Waals surface area (Å²) in [6.45, 7) is 7.53. The van der Waals surface area contributed by atoms with Crippen LogP contribution in [-0.2, 0) is 23.1 Å². The quantitative estimate of drug-likeness (QED) is 0.579. The molecule has 1 unspecified atom stereocenters. The van der Waals surface area contributed by atoms with Crippen LogP contribution in [0.4, 0.5) is 0 Å². The molecule has 2 aromatic rings. The minimum Gasteiger partial charge on any atom is -0.383 e. The van der Waals surface area contributed by atoms with Crippen molar-refractivity contribution in [2.75, 3.05) is 53.5 Å². The van der Waals surface area contributed by atoms with E-state index in [-0.39, 0.29) is 22.9 Å². The van der Waals surface area contributed by atoms with Crippen LogP contribution < -0.4 is 5.56 Å². The van der Waals surface area contributed by atoms with E-state index in [9.17, 15) is 9.59 Å². The molecule has 2 aliphatic rings. The van der Waals surface area contributed by atoms with Crippen LogP contribution in [0.1, 0.15) is 44.6 Å². The Hall–Kier alpha value is -2.22. The van der Waals surface area contributed by atoms with E-state index >= 15 is 0 Å². The molecule has 2 heterocycles. The summed E-state index contributed by atoms with van der Waals surface area (Å²) >= 11 is 0. The SMILES string of the molecule is COCC(C)(CN(Cc1cc2ccccc2n(C)c1=O)C(=O)C1CCCCC1)N1CCN(C)CC1. The molecule has 35 heavy (non-hydrogen) atoms.